The Morgan fingerprint density at radius 2 is 2.12 bits per heavy atom. The minimum Gasteiger partial charge on any atom is -0.491 e. The van der Waals surface area contributed by atoms with Crippen molar-refractivity contribution in [2.45, 2.75) is 46.2 Å². The van der Waals surface area contributed by atoms with Crippen LogP contribution in [0.15, 0.2) is 42.3 Å². The second-order valence-electron chi connectivity index (χ2n) is 8.51. The predicted molar refractivity (Wildman–Crippen MR) is 129 cm³/mol. The lowest BCUT2D eigenvalue weighted by Crippen LogP contribution is -2.50. The second-order valence-corrected chi connectivity index (χ2v) is 9.51. The summed E-state index contributed by atoms with van der Waals surface area (Å²) in [5.74, 6) is 0.742. The van der Waals surface area contributed by atoms with Gasteiger partial charge in [0, 0.05) is 24.0 Å². The number of fused-ring (bicyclic) bond motifs is 1. The Morgan fingerprint density at radius 3 is 2.81 bits per heavy atom. The molecule has 2 aromatic rings. The Kier molecular flexibility index (Phi) is 7.96. The molecule has 0 fully saturated rings. The van der Waals surface area contributed by atoms with E-state index in [0.29, 0.717) is 19.7 Å². The van der Waals surface area contributed by atoms with Crippen LogP contribution in [-0.4, -0.2) is 54.0 Å². The lowest BCUT2D eigenvalue weighted by Gasteiger charge is -2.37. The number of carbonyl (C=O) groups excluding carboxylic acids is 2. The van der Waals surface area contributed by atoms with Gasteiger partial charge in [0.1, 0.15) is 18.9 Å². The Hall–Kier alpha value is -2.80. The number of benzene rings is 1. The van der Waals surface area contributed by atoms with E-state index >= 15 is 0 Å². The minimum atomic E-state index is -0.260. The number of hydrogen-bond acceptors (Lipinski definition) is 4. The van der Waals surface area contributed by atoms with E-state index in [-0.39, 0.29) is 30.6 Å². The standard InChI is InChI=1S/C25H33N3O3S/c1-6-11-27(25(30)26-17(2)3)15-24(29)28-12-9-23-20(10-13-32-23)21(28)16-31-22-8-7-18(4)14-19(22)5/h6-8,10,13-14,17,21H,1,9,11-12,15-16H2,2-5H3,(H,26,30)/t21-/m0/s1. The van der Waals surface area contributed by atoms with Gasteiger partial charge in [-0.3, -0.25) is 4.79 Å². The fraction of sp³-hybridized carbons (Fsp3) is 0.440. The third-order valence-electron chi connectivity index (χ3n) is 5.52. The highest BCUT2D eigenvalue weighted by molar-refractivity contribution is 7.10. The number of thiophene rings is 1. The summed E-state index contributed by atoms with van der Waals surface area (Å²) in [7, 11) is 0. The minimum absolute atomic E-state index is 0.00407. The molecule has 1 aliphatic rings. The molecule has 0 aliphatic carbocycles. The van der Waals surface area contributed by atoms with Crippen LogP contribution in [0.5, 0.6) is 5.75 Å². The maximum absolute atomic E-state index is 13.4. The normalized spacial score (nSPS) is 15.3. The predicted octanol–water partition coefficient (Wildman–Crippen LogP) is 4.48. The molecule has 7 heteroatoms. The number of ether oxygens (including phenoxy) is 1. The molecule has 1 N–H and O–H groups in total. The average molecular weight is 456 g/mol. The number of nitrogens with one attached hydrogen (secondary N) is 1. The molecular formula is C25H33N3O3S. The van der Waals surface area contributed by atoms with Gasteiger partial charge < -0.3 is 19.9 Å². The molecule has 1 aromatic heterocycles. The largest absolute Gasteiger partial charge is 0.491 e. The first-order valence-corrected chi connectivity index (χ1v) is 11.9. The topological polar surface area (TPSA) is 61.9 Å². The zero-order valence-corrected chi connectivity index (χ0v) is 20.2. The van der Waals surface area contributed by atoms with Gasteiger partial charge in [-0.25, -0.2) is 4.79 Å². The monoisotopic (exact) mass is 455 g/mol. The van der Waals surface area contributed by atoms with Crippen LogP contribution in [0.1, 0.15) is 41.5 Å². The van der Waals surface area contributed by atoms with E-state index < -0.39 is 0 Å². The second kappa shape index (κ2) is 10.7. The van der Waals surface area contributed by atoms with Crippen molar-refractivity contribution in [2.24, 2.45) is 0 Å². The van der Waals surface area contributed by atoms with Crippen LogP contribution in [0, 0.1) is 13.8 Å². The van der Waals surface area contributed by atoms with Gasteiger partial charge in [0.15, 0.2) is 0 Å². The van der Waals surface area contributed by atoms with Gasteiger partial charge in [-0.05, 0) is 62.8 Å². The third kappa shape index (κ3) is 5.71. The van der Waals surface area contributed by atoms with Crippen molar-refractivity contribution >= 4 is 23.3 Å². The molecule has 3 amide bonds. The van der Waals surface area contributed by atoms with Crippen LogP contribution in [0.4, 0.5) is 4.79 Å². The van der Waals surface area contributed by atoms with Crippen molar-refractivity contribution in [3.05, 3.63) is 63.9 Å². The summed E-state index contributed by atoms with van der Waals surface area (Å²) >= 11 is 1.72. The highest BCUT2D eigenvalue weighted by atomic mass is 32.1. The Bertz CT molecular complexity index is 969. The van der Waals surface area contributed by atoms with Gasteiger partial charge in [-0.2, -0.15) is 0 Å². The Labute approximate surface area is 194 Å². The van der Waals surface area contributed by atoms with Crippen LogP contribution >= 0.6 is 11.3 Å². The zero-order chi connectivity index (χ0) is 23.3. The fourth-order valence-electron chi connectivity index (χ4n) is 3.97. The molecule has 32 heavy (non-hydrogen) atoms. The molecule has 1 aromatic carbocycles. The fourth-order valence-corrected chi connectivity index (χ4v) is 4.90. The van der Waals surface area contributed by atoms with E-state index in [1.807, 2.05) is 37.8 Å². The first-order chi connectivity index (χ1) is 15.3. The molecule has 1 aliphatic heterocycles. The van der Waals surface area contributed by atoms with Gasteiger partial charge in [-0.1, -0.05) is 23.8 Å². The molecule has 0 saturated heterocycles. The van der Waals surface area contributed by atoms with Crippen molar-refractivity contribution in [2.75, 3.05) is 26.2 Å². The Balaban J connectivity index is 1.77. The number of urea groups is 1. The van der Waals surface area contributed by atoms with E-state index in [1.54, 1.807) is 17.4 Å². The number of carbonyl (C=O) groups is 2. The maximum atomic E-state index is 13.4. The first-order valence-electron chi connectivity index (χ1n) is 11.0. The van der Waals surface area contributed by atoms with Crippen LogP contribution in [0.2, 0.25) is 0 Å². The van der Waals surface area contributed by atoms with E-state index in [9.17, 15) is 9.59 Å². The SMILES string of the molecule is C=CCN(CC(=O)N1CCc2sccc2[C@@H]1COc1ccc(C)cc1C)C(=O)NC(C)C. The van der Waals surface area contributed by atoms with Crippen molar-refractivity contribution in [3.63, 3.8) is 0 Å². The van der Waals surface area contributed by atoms with Crippen LogP contribution < -0.4 is 10.1 Å². The maximum Gasteiger partial charge on any atom is 0.318 e. The highest BCUT2D eigenvalue weighted by Crippen LogP contribution is 2.34. The molecule has 3 rings (SSSR count). The number of amides is 3. The summed E-state index contributed by atoms with van der Waals surface area (Å²) in [5, 5.41) is 4.93. The summed E-state index contributed by atoms with van der Waals surface area (Å²) in [6.45, 7) is 12.9. The smallest absolute Gasteiger partial charge is 0.318 e. The average Bonchev–Trinajstić information content (AvgIpc) is 3.21. The van der Waals surface area contributed by atoms with Crippen molar-refractivity contribution < 1.29 is 14.3 Å². The molecule has 2 heterocycles. The molecular weight excluding hydrogens is 422 g/mol. The molecule has 1 atom stereocenters. The van der Waals surface area contributed by atoms with Crippen molar-refractivity contribution in [1.82, 2.24) is 15.1 Å². The summed E-state index contributed by atoms with van der Waals surface area (Å²) in [5.41, 5.74) is 3.40. The van der Waals surface area contributed by atoms with Gasteiger partial charge in [0.05, 0.1) is 6.04 Å². The summed E-state index contributed by atoms with van der Waals surface area (Å²) in [4.78, 5) is 30.6. The van der Waals surface area contributed by atoms with Crippen LogP contribution in [-0.2, 0) is 11.2 Å². The molecule has 0 unspecified atom stereocenters. The molecule has 0 radical (unpaired) electrons. The molecule has 0 spiro atoms. The number of aryl methyl sites for hydroxylation is 2. The van der Waals surface area contributed by atoms with Gasteiger partial charge in [0.25, 0.3) is 0 Å². The summed E-state index contributed by atoms with van der Waals surface area (Å²) in [6, 6.07) is 7.74. The summed E-state index contributed by atoms with van der Waals surface area (Å²) < 4.78 is 6.19. The lowest BCUT2D eigenvalue weighted by molar-refractivity contribution is -0.135. The molecule has 0 bridgehead atoms. The summed E-state index contributed by atoms with van der Waals surface area (Å²) in [6.07, 6.45) is 2.46. The van der Waals surface area contributed by atoms with Gasteiger partial charge in [0.2, 0.25) is 5.91 Å². The quantitative estimate of drug-likeness (QED) is 0.597. The number of rotatable bonds is 8. The molecule has 0 saturated carbocycles. The lowest BCUT2D eigenvalue weighted by atomic mass is 10.00. The van der Waals surface area contributed by atoms with E-state index in [2.05, 4.69) is 36.3 Å². The first kappa shape index (κ1) is 23.9. The van der Waals surface area contributed by atoms with E-state index in [1.165, 1.54) is 15.3 Å². The number of hydrogen-bond donors (Lipinski definition) is 1. The molecule has 6 nitrogen and oxygen atoms in total. The van der Waals surface area contributed by atoms with Gasteiger partial charge >= 0.3 is 6.03 Å². The highest BCUT2D eigenvalue weighted by Gasteiger charge is 2.33. The van der Waals surface area contributed by atoms with Gasteiger partial charge in [-0.15, -0.1) is 17.9 Å². The van der Waals surface area contributed by atoms with E-state index in [4.69, 9.17) is 4.74 Å². The van der Waals surface area contributed by atoms with Crippen molar-refractivity contribution in [1.29, 1.82) is 0 Å². The Morgan fingerprint density at radius 1 is 1.34 bits per heavy atom. The zero-order valence-electron chi connectivity index (χ0n) is 19.4. The molecule has 172 valence electrons. The van der Waals surface area contributed by atoms with Crippen LogP contribution in [0.3, 0.4) is 0 Å². The third-order valence-corrected chi connectivity index (χ3v) is 6.51. The van der Waals surface area contributed by atoms with Crippen molar-refractivity contribution in [3.8, 4) is 5.75 Å². The van der Waals surface area contributed by atoms with Crippen LogP contribution in [0.25, 0.3) is 0 Å². The number of nitrogens with zero attached hydrogens (tertiary/aromatic N) is 2. The van der Waals surface area contributed by atoms with E-state index in [0.717, 1.165) is 23.3 Å².